The fourth-order valence-corrected chi connectivity index (χ4v) is 1.41. The molecule has 0 aromatic carbocycles. The van der Waals surface area contributed by atoms with E-state index in [9.17, 15) is 0 Å². The number of rotatable bonds is 4. The average Bonchev–Trinajstić information content (AvgIpc) is 2.16. The van der Waals surface area contributed by atoms with Crippen LogP contribution >= 0.6 is 27.5 Å². The van der Waals surface area contributed by atoms with Crippen LogP contribution in [0, 0.1) is 0 Å². The lowest BCUT2D eigenvalue weighted by Crippen LogP contribution is -1.99. The summed E-state index contributed by atoms with van der Waals surface area (Å²) in [6.45, 7) is 2.10. The van der Waals surface area contributed by atoms with Crippen molar-refractivity contribution in [2.75, 3.05) is 0 Å². The van der Waals surface area contributed by atoms with Crippen molar-refractivity contribution in [2.45, 2.75) is 31.6 Å². The van der Waals surface area contributed by atoms with Gasteiger partial charge < -0.3 is 0 Å². The molecule has 13 heavy (non-hydrogen) atoms. The van der Waals surface area contributed by atoms with E-state index < -0.39 is 0 Å². The largest absolute Gasteiger partial charge is 0.260 e. The topological polar surface area (TPSA) is 12.9 Å². The van der Waals surface area contributed by atoms with Crippen LogP contribution in [-0.4, -0.2) is 10.4 Å². The number of hydrogen-bond acceptors (Lipinski definition) is 1. The number of halogens is 2. The van der Waals surface area contributed by atoms with Crippen molar-refractivity contribution in [3.8, 4) is 0 Å². The highest BCUT2D eigenvalue weighted by Crippen LogP contribution is 2.12. The normalized spacial score (nSPS) is 12.8. The number of nitrogens with zero attached hydrogens (tertiary/aromatic N) is 1. The summed E-state index contributed by atoms with van der Waals surface area (Å²) in [5, 5.41) is 0.283. The molecule has 0 aliphatic heterocycles. The van der Waals surface area contributed by atoms with Gasteiger partial charge in [0.25, 0.3) is 0 Å². The molecule has 1 unspecified atom stereocenters. The van der Waals surface area contributed by atoms with Gasteiger partial charge in [-0.3, -0.25) is 4.98 Å². The van der Waals surface area contributed by atoms with Crippen LogP contribution in [0.25, 0.3) is 0 Å². The van der Waals surface area contributed by atoms with E-state index in [1.54, 1.807) is 0 Å². The maximum Gasteiger partial charge on any atom is 0.0413 e. The molecule has 0 amide bonds. The summed E-state index contributed by atoms with van der Waals surface area (Å²) < 4.78 is 1.02. The predicted molar refractivity (Wildman–Crippen MR) is 60.2 cm³/mol. The zero-order chi connectivity index (χ0) is 9.68. The van der Waals surface area contributed by atoms with Gasteiger partial charge in [0.1, 0.15) is 0 Å². The number of hydrogen-bond donors (Lipinski definition) is 0. The van der Waals surface area contributed by atoms with Crippen LogP contribution in [-0.2, 0) is 6.42 Å². The van der Waals surface area contributed by atoms with Crippen molar-refractivity contribution in [2.24, 2.45) is 0 Å². The smallest absolute Gasteiger partial charge is 0.0413 e. The second-order valence-corrected chi connectivity index (χ2v) is 4.54. The first kappa shape index (κ1) is 11.0. The first-order chi connectivity index (χ1) is 6.22. The Morgan fingerprint density at radius 2 is 2.31 bits per heavy atom. The highest BCUT2D eigenvalue weighted by atomic mass is 79.9. The monoisotopic (exact) mass is 261 g/mol. The molecule has 72 valence electrons. The Morgan fingerprint density at radius 1 is 1.54 bits per heavy atom. The molecular formula is C10H13BrClN. The van der Waals surface area contributed by atoms with Crippen LogP contribution in [0.1, 0.15) is 25.5 Å². The van der Waals surface area contributed by atoms with Crippen LogP contribution in [0.2, 0.25) is 0 Å². The van der Waals surface area contributed by atoms with Gasteiger partial charge in [-0.25, -0.2) is 0 Å². The molecule has 0 N–H and O–H groups in total. The van der Waals surface area contributed by atoms with Crippen LogP contribution in [0.15, 0.2) is 22.8 Å². The lowest BCUT2D eigenvalue weighted by atomic mass is 10.1. The minimum Gasteiger partial charge on any atom is -0.260 e. The molecule has 0 saturated carbocycles. The standard InChI is InChI=1S/C10H13BrClN/c1-2-9(12)4-6-10-5-3-8(11)7-13-10/h3,5,7,9H,2,4,6H2,1H3. The Kier molecular flexibility index (Phi) is 4.74. The van der Waals surface area contributed by atoms with Crippen molar-refractivity contribution >= 4 is 27.5 Å². The molecule has 1 rings (SSSR count). The molecule has 1 aromatic heterocycles. The van der Waals surface area contributed by atoms with Gasteiger partial charge in [-0.1, -0.05) is 6.92 Å². The maximum atomic E-state index is 6.01. The van der Waals surface area contributed by atoms with Crippen LogP contribution in [0.3, 0.4) is 0 Å². The van der Waals surface area contributed by atoms with Crippen molar-refractivity contribution < 1.29 is 0 Å². The maximum absolute atomic E-state index is 6.01. The van der Waals surface area contributed by atoms with Gasteiger partial charge in [0.15, 0.2) is 0 Å². The number of aromatic nitrogens is 1. The molecule has 0 spiro atoms. The second kappa shape index (κ2) is 5.61. The van der Waals surface area contributed by atoms with Crippen molar-refractivity contribution in [3.63, 3.8) is 0 Å². The zero-order valence-electron chi connectivity index (χ0n) is 7.63. The van der Waals surface area contributed by atoms with Crippen LogP contribution in [0.4, 0.5) is 0 Å². The van der Waals surface area contributed by atoms with Gasteiger partial charge in [-0.15, -0.1) is 11.6 Å². The molecule has 0 aliphatic carbocycles. The van der Waals surface area contributed by atoms with Gasteiger partial charge in [0.05, 0.1) is 0 Å². The third kappa shape index (κ3) is 4.10. The van der Waals surface area contributed by atoms with E-state index in [0.29, 0.717) is 0 Å². The highest BCUT2D eigenvalue weighted by Gasteiger charge is 2.02. The number of alkyl halides is 1. The van der Waals surface area contributed by atoms with Crippen molar-refractivity contribution in [3.05, 3.63) is 28.5 Å². The summed E-state index contributed by atoms with van der Waals surface area (Å²) in [5.41, 5.74) is 1.11. The van der Waals surface area contributed by atoms with E-state index in [2.05, 4.69) is 27.8 Å². The van der Waals surface area contributed by atoms with E-state index in [4.69, 9.17) is 11.6 Å². The van der Waals surface area contributed by atoms with Crippen molar-refractivity contribution in [1.29, 1.82) is 0 Å². The highest BCUT2D eigenvalue weighted by molar-refractivity contribution is 9.10. The molecule has 1 atom stereocenters. The van der Waals surface area contributed by atoms with Gasteiger partial charge in [0, 0.05) is 21.7 Å². The third-order valence-electron chi connectivity index (χ3n) is 1.95. The molecule has 1 heterocycles. The lowest BCUT2D eigenvalue weighted by molar-refractivity contribution is 0.716. The van der Waals surface area contributed by atoms with Gasteiger partial charge in [-0.2, -0.15) is 0 Å². The molecular weight excluding hydrogens is 249 g/mol. The summed E-state index contributed by atoms with van der Waals surface area (Å²) in [6, 6.07) is 4.04. The molecule has 1 nitrogen and oxygen atoms in total. The zero-order valence-corrected chi connectivity index (χ0v) is 9.98. The van der Waals surface area contributed by atoms with Gasteiger partial charge >= 0.3 is 0 Å². The summed E-state index contributed by atoms with van der Waals surface area (Å²) in [5.74, 6) is 0. The Hall–Kier alpha value is -0.0800. The molecule has 0 radical (unpaired) electrons. The Bertz CT molecular complexity index is 248. The fraction of sp³-hybridized carbons (Fsp3) is 0.500. The summed E-state index contributed by atoms with van der Waals surface area (Å²) >= 11 is 9.36. The first-order valence-corrected chi connectivity index (χ1v) is 5.69. The predicted octanol–water partition coefficient (Wildman–Crippen LogP) is 3.79. The second-order valence-electron chi connectivity index (χ2n) is 3.01. The molecule has 0 fully saturated rings. The Labute approximate surface area is 92.6 Å². The summed E-state index contributed by atoms with van der Waals surface area (Å²) in [4.78, 5) is 4.28. The quantitative estimate of drug-likeness (QED) is 0.752. The summed E-state index contributed by atoms with van der Waals surface area (Å²) in [7, 11) is 0. The van der Waals surface area contributed by atoms with E-state index >= 15 is 0 Å². The minimum atomic E-state index is 0.283. The molecule has 0 bridgehead atoms. The van der Waals surface area contributed by atoms with Crippen molar-refractivity contribution in [1.82, 2.24) is 4.98 Å². The number of aryl methyl sites for hydroxylation is 1. The van der Waals surface area contributed by atoms with E-state index in [0.717, 1.165) is 29.4 Å². The fourth-order valence-electron chi connectivity index (χ4n) is 1.06. The van der Waals surface area contributed by atoms with Crippen LogP contribution < -0.4 is 0 Å². The van der Waals surface area contributed by atoms with E-state index in [1.165, 1.54) is 0 Å². The van der Waals surface area contributed by atoms with E-state index in [1.807, 2.05) is 18.3 Å². The Morgan fingerprint density at radius 3 is 2.85 bits per heavy atom. The average molecular weight is 263 g/mol. The molecule has 0 saturated heterocycles. The van der Waals surface area contributed by atoms with Crippen LogP contribution in [0.5, 0.6) is 0 Å². The lowest BCUT2D eigenvalue weighted by Gasteiger charge is -2.04. The SMILES string of the molecule is CCC(Cl)CCc1ccc(Br)cn1. The minimum absolute atomic E-state index is 0.283. The van der Waals surface area contributed by atoms with E-state index in [-0.39, 0.29) is 5.38 Å². The Balaban J connectivity index is 2.41. The number of pyridine rings is 1. The molecule has 3 heteroatoms. The first-order valence-electron chi connectivity index (χ1n) is 4.47. The summed E-state index contributed by atoms with van der Waals surface area (Å²) in [6.07, 6.45) is 4.82. The third-order valence-corrected chi connectivity index (χ3v) is 2.94. The van der Waals surface area contributed by atoms with Gasteiger partial charge in [-0.05, 0) is 47.3 Å². The molecule has 1 aromatic rings. The van der Waals surface area contributed by atoms with Gasteiger partial charge in [0.2, 0.25) is 0 Å². The molecule has 0 aliphatic rings.